The number of benzene rings is 1. The number of hydrogen-bond acceptors (Lipinski definition) is 4. The van der Waals surface area contributed by atoms with Crippen molar-refractivity contribution in [1.82, 2.24) is 0 Å². The molecule has 3 unspecified atom stereocenters. The van der Waals surface area contributed by atoms with E-state index in [1.165, 1.54) is 45.3 Å². The summed E-state index contributed by atoms with van der Waals surface area (Å²) in [6, 6.07) is 3.44. The molecule has 3 atom stereocenters. The van der Waals surface area contributed by atoms with Crippen molar-refractivity contribution >= 4 is 11.9 Å². The molecule has 4 aliphatic carbocycles. The third-order valence-electron chi connectivity index (χ3n) is 11.9. The molecule has 0 aliphatic heterocycles. The Morgan fingerprint density at radius 3 is 1.80 bits per heavy atom. The summed E-state index contributed by atoms with van der Waals surface area (Å²) in [5.74, 6) is 4.24. The van der Waals surface area contributed by atoms with Crippen molar-refractivity contribution in [2.45, 2.75) is 123 Å². The SMILES string of the molecule is COC(=O)C1CCC(C2CCC(C)C(c3cc(C)c(F)cc3OC(=O)C3CCC(C4CCC(C)CC4)CC3)C2)CC1. The predicted octanol–water partition coefficient (Wildman–Crippen LogP) is 9.17. The van der Waals surface area contributed by atoms with Crippen LogP contribution in [-0.4, -0.2) is 19.0 Å². The number of hydrogen-bond donors (Lipinski definition) is 0. The fraction of sp³-hybridized carbons (Fsp3) is 0.778. The van der Waals surface area contributed by atoms with Gasteiger partial charge in [-0.05, 0) is 149 Å². The van der Waals surface area contributed by atoms with Crippen LogP contribution in [0.3, 0.4) is 0 Å². The van der Waals surface area contributed by atoms with Gasteiger partial charge in [0.25, 0.3) is 0 Å². The molecule has 1 aromatic rings. The van der Waals surface area contributed by atoms with E-state index in [1.807, 2.05) is 13.0 Å². The molecule has 4 saturated carbocycles. The Balaban J connectivity index is 1.23. The van der Waals surface area contributed by atoms with Gasteiger partial charge in [-0.2, -0.15) is 0 Å². The maximum Gasteiger partial charge on any atom is 0.314 e. The Morgan fingerprint density at radius 1 is 0.707 bits per heavy atom. The normalized spacial score (nSPS) is 36.4. The minimum atomic E-state index is -0.298. The summed E-state index contributed by atoms with van der Waals surface area (Å²) >= 11 is 0. The van der Waals surface area contributed by atoms with Gasteiger partial charge in [-0.25, -0.2) is 4.39 Å². The smallest absolute Gasteiger partial charge is 0.314 e. The van der Waals surface area contributed by atoms with Gasteiger partial charge < -0.3 is 9.47 Å². The van der Waals surface area contributed by atoms with Crippen LogP contribution in [0.1, 0.15) is 127 Å². The van der Waals surface area contributed by atoms with Crippen molar-refractivity contribution in [3.8, 4) is 5.75 Å². The van der Waals surface area contributed by atoms with Gasteiger partial charge in [-0.15, -0.1) is 0 Å². The van der Waals surface area contributed by atoms with Crippen molar-refractivity contribution in [2.75, 3.05) is 7.11 Å². The zero-order chi connectivity index (χ0) is 29.1. The number of halogens is 1. The molecule has 5 heteroatoms. The number of aryl methyl sites for hydroxylation is 1. The number of methoxy groups -OCH3 is 1. The molecule has 0 heterocycles. The number of carbonyl (C=O) groups is 2. The van der Waals surface area contributed by atoms with Gasteiger partial charge in [-0.3, -0.25) is 9.59 Å². The summed E-state index contributed by atoms with van der Waals surface area (Å²) in [6.45, 7) is 6.49. The summed E-state index contributed by atoms with van der Waals surface area (Å²) in [4.78, 5) is 25.5. The average Bonchev–Trinajstić information content (AvgIpc) is 2.99. The van der Waals surface area contributed by atoms with Crippen molar-refractivity contribution in [3.05, 3.63) is 29.1 Å². The molecule has 0 bridgehead atoms. The van der Waals surface area contributed by atoms with E-state index in [2.05, 4.69) is 13.8 Å². The molecule has 0 N–H and O–H groups in total. The van der Waals surface area contributed by atoms with Gasteiger partial charge in [-0.1, -0.05) is 26.7 Å². The van der Waals surface area contributed by atoms with Gasteiger partial charge in [0.15, 0.2) is 0 Å². The number of rotatable bonds is 6. The van der Waals surface area contributed by atoms with E-state index in [1.54, 1.807) is 0 Å². The highest BCUT2D eigenvalue weighted by Gasteiger charge is 2.38. The van der Waals surface area contributed by atoms with Crippen LogP contribution in [0.15, 0.2) is 12.1 Å². The average molecular weight is 569 g/mol. The molecule has 4 nitrogen and oxygen atoms in total. The Bertz CT molecular complexity index is 1040. The molecule has 5 rings (SSSR count). The molecule has 0 spiro atoms. The first-order valence-electron chi connectivity index (χ1n) is 16.8. The van der Waals surface area contributed by atoms with Crippen molar-refractivity contribution in [3.63, 3.8) is 0 Å². The van der Waals surface area contributed by atoms with Crippen LogP contribution in [0.4, 0.5) is 4.39 Å². The monoisotopic (exact) mass is 568 g/mol. The van der Waals surface area contributed by atoms with E-state index >= 15 is 0 Å². The van der Waals surface area contributed by atoms with E-state index in [9.17, 15) is 14.0 Å². The van der Waals surface area contributed by atoms with Crippen molar-refractivity contribution in [2.24, 2.45) is 47.3 Å². The van der Waals surface area contributed by atoms with Gasteiger partial charge in [0, 0.05) is 6.07 Å². The van der Waals surface area contributed by atoms with E-state index in [0.29, 0.717) is 29.1 Å². The molecular weight excluding hydrogens is 515 g/mol. The highest BCUT2D eigenvalue weighted by atomic mass is 19.1. The number of ether oxygens (including phenoxy) is 2. The summed E-state index contributed by atoms with van der Waals surface area (Å²) in [6.07, 6.45) is 16.7. The zero-order valence-corrected chi connectivity index (χ0v) is 26.0. The Hall–Kier alpha value is -1.91. The van der Waals surface area contributed by atoms with Gasteiger partial charge in [0.1, 0.15) is 11.6 Å². The molecule has 0 radical (unpaired) electrons. The molecule has 41 heavy (non-hydrogen) atoms. The first kappa shape index (κ1) is 30.5. The highest BCUT2D eigenvalue weighted by molar-refractivity contribution is 5.75. The quantitative estimate of drug-likeness (QED) is 0.254. The second-order valence-electron chi connectivity index (χ2n) is 14.5. The molecule has 4 aliphatic rings. The molecule has 4 fully saturated rings. The number of esters is 2. The summed E-state index contributed by atoms with van der Waals surface area (Å²) < 4.78 is 26.0. The molecule has 0 amide bonds. The van der Waals surface area contributed by atoms with E-state index in [0.717, 1.165) is 87.5 Å². The fourth-order valence-electron chi connectivity index (χ4n) is 9.05. The molecule has 0 aromatic heterocycles. The topological polar surface area (TPSA) is 52.6 Å². The van der Waals surface area contributed by atoms with Crippen LogP contribution >= 0.6 is 0 Å². The standard InChI is InChI=1S/C36H53FO4/c1-22-5-8-25(9-6-22)26-11-17-29(18-12-26)36(39)41-34-21-33(37)24(3)19-32(34)31-20-30(10-7-23(31)2)27-13-15-28(16-14-27)35(38)40-4/h19,21-23,25-31H,5-18,20H2,1-4H3. The molecule has 1 aromatic carbocycles. The molecular formula is C36H53FO4. The van der Waals surface area contributed by atoms with Crippen LogP contribution in [-0.2, 0) is 14.3 Å². The van der Waals surface area contributed by atoms with E-state index in [4.69, 9.17) is 9.47 Å². The zero-order valence-electron chi connectivity index (χ0n) is 26.0. The van der Waals surface area contributed by atoms with E-state index < -0.39 is 0 Å². The number of carbonyl (C=O) groups excluding carboxylic acids is 2. The fourth-order valence-corrected chi connectivity index (χ4v) is 9.05. The molecule has 228 valence electrons. The maximum absolute atomic E-state index is 14.9. The maximum atomic E-state index is 14.9. The molecule has 0 saturated heterocycles. The van der Waals surface area contributed by atoms with E-state index in [-0.39, 0.29) is 35.5 Å². The van der Waals surface area contributed by atoms with Gasteiger partial charge >= 0.3 is 11.9 Å². The lowest BCUT2D eigenvalue weighted by Crippen LogP contribution is -2.32. The predicted molar refractivity (Wildman–Crippen MR) is 160 cm³/mol. The lowest BCUT2D eigenvalue weighted by Gasteiger charge is -2.41. The lowest BCUT2D eigenvalue weighted by atomic mass is 9.64. The van der Waals surface area contributed by atoms with Crippen molar-refractivity contribution < 1.29 is 23.5 Å². The summed E-state index contributed by atoms with van der Waals surface area (Å²) in [5.41, 5.74) is 1.64. The van der Waals surface area contributed by atoms with Crippen LogP contribution in [0.25, 0.3) is 0 Å². The van der Waals surface area contributed by atoms with Crippen molar-refractivity contribution in [1.29, 1.82) is 0 Å². The van der Waals surface area contributed by atoms with Crippen LogP contribution in [0, 0.1) is 60.1 Å². The third kappa shape index (κ3) is 7.19. The Labute approximate surface area is 247 Å². The second-order valence-corrected chi connectivity index (χ2v) is 14.5. The van der Waals surface area contributed by atoms with Crippen LogP contribution < -0.4 is 4.74 Å². The van der Waals surface area contributed by atoms with Gasteiger partial charge in [0.2, 0.25) is 0 Å². The lowest BCUT2D eigenvalue weighted by molar-refractivity contribution is -0.147. The van der Waals surface area contributed by atoms with Gasteiger partial charge in [0.05, 0.1) is 18.9 Å². The first-order valence-corrected chi connectivity index (χ1v) is 16.8. The van der Waals surface area contributed by atoms with Crippen LogP contribution in [0.2, 0.25) is 0 Å². The second kappa shape index (κ2) is 13.6. The summed E-state index contributed by atoms with van der Waals surface area (Å²) in [7, 11) is 1.49. The Kier molecular flexibility index (Phi) is 10.1. The highest BCUT2D eigenvalue weighted by Crippen LogP contribution is 2.49. The summed E-state index contributed by atoms with van der Waals surface area (Å²) in [5, 5.41) is 0. The first-order chi connectivity index (χ1) is 19.7. The minimum absolute atomic E-state index is 0.0433. The third-order valence-corrected chi connectivity index (χ3v) is 11.9. The Morgan fingerprint density at radius 2 is 1.22 bits per heavy atom. The minimum Gasteiger partial charge on any atom is -0.469 e. The van der Waals surface area contributed by atoms with Crippen LogP contribution in [0.5, 0.6) is 5.75 Å². The largest absolute Gasteiger partial charge is 0.469 e.